The molecule has 2 aromatic rings. The maximum Gasteiger partial charge on any atom is 0.310 e. The van der Waals surface area contributed by atoms with E-state index in [2.05, 4.69) is 22.8 Å². The first kappa shape index (κ1) is 16.6. The van der Waals surface area contributed by atoms with E-state index < -0.39 is 0 Å². The molecule has 1 aromatic heterocycles. The highest BCUT2D eigenvalue weighted by Gasteiger charge is 2.03. The van der Waals surface area contributed by atoms with E-state index in [-0.39, 0.29) is 5.97 Å². The largest absolute Gasteiger partial charge is 0.466 e. The second-order valence-corrected chi connectivity index (χ2v) is 6.17. The molecule has 0 saturated heterocycles. The van der Waals surface area contributed by atoms with Crippen molar-refractivity contribution in [2.24, 2.45) is 0 Å². The Labute approximate surface area is 136 Å². The molecule has 0 amide bonds. The van der Waals surface area contributed by atoms with Crippen molar-refractivity contribution in [1.29, 1.82) is 0 Å². The molecule has 0 aliphatic carbocycles. The first-order valence-corrected chi connectivity index (χ1v) is 8.66. The fourth-order valence-electron chi connectivity index (χ4n) is 2.23. The normalized spacial score (nSPS) is 10.4. The lowest BCUT2D eigenvalue weighted by molar-refractivity contribution is -0.142. The monoisotopic (exact) mass is 317 g/mol. The molecule has 0 unspecified atom stereocenters. The van der Waals surface area contributed by atoms with Crippen molar-refractivity contribution in [2.75, 3.05) is 18.5 Å². The summed E-state index contributed by atoms with van der Waals surface area (Å²) in [6, 6.07) is 12.3. The summed E-state index contributed by atoms with van der Waals surface area (Å²) in [5, 5.41) is 5.55. The third kappa shape index (κ3) is 5.90. The van der Waals surface area contributed by atoms with Crippen molar-refractivity contribution in [2.45, 2.75) is 32.6 Å². The molecule has 0 atom stereocenters. The molecule has 0 saturated carbocycles. The van der Waals surface area contributed by atoms with Gasteiger partial charge in [0.15, 0.2) is 0 Å². The highest BCUT2D eigenvalue weighted by molar-refractivity contribution is 7.09. The molecule has 0 aliphatic rings. The van der Waals surface area contributed by atoms with Crippen LogP contribution in [0, 0.1) is 0 Å². The van der Waals surface area contributed by atoms with E-state index in [9.17, 15) is 4.79 Å². The number of unbranched alkanes of at least 4 members (excludes halogenated alkanes) is 1. The molecule has 4 heteroatoms. The number of esters is 1. The second kappa shape index (κ2) is 9.26. The SMILES string of the molecule is CCOC(=O)Cc1ccc(NCCCCc2cccs2)cc1. The average Bonchev–Trinajstić information content (AvgIpc) is 3.02. The van der Waals surface area contributed by atoms with Crippen molar-refractivity contribution >= 4 is 23.0 Å². The van der Waals surface area contributed by atoms with Crippen LogP contribution in [0.25, 0.3) is 0 Å². The van der Waals surface area contributed by atoms with E-state index in [0.29, 0.717) is 13.0 Å². The van der Waals surface area contributed by atoms with Gasteiger partial charge in [-0.1, -0.05) is 18.2 Å². The quantitative estimate of drug-likeness (QED) is 0.554. The summed E-state index contributed by atoms with van der Waals surface area (Å²) < 4.78 is 4.94. The van der Waals surface area contributed by atoms with Crippen molar-refractivity contribution in [3.05, 3.63) is 52.2 Å². The number of hydrogen-bond acceptors (Lipinski definition) is 4. The molecule has 0 bridgehead atoms. The van der Waals surface area contributed by atoms with E-state index >= 15 is 0 Å². The van der Waals surface area contributed by atoms with Gasteiger partial charge in [0, 0.05) is 17.1 Å². The standard InChI is InChI=1S/C18H23NO2S/c1-2-21-18(20)14-15-8-10-16(11-9-15)19-12-4-3-6-17-7-5-13-22-17/h5,7-11,13,19H,2-4,6,12,14H2,1H3. The van der Waals surface area contributed by atoms with Gasteiger partial charge in [-0.25, -0.2) is 0 Å². The molecule has 2 rings (SSSR count). The van der Waals surface area contributed by atoms with Crippen LogP contribution in [0.2, 0.25) is 0 Å². The van der Waals surface area contributed by atoms with Gasteiger partial charge in [-0.05, 0) is 55.3 Å². The molecule has 1 heterocycles. The number of thiophene rings is 1. The number of hydrogen-bond donors (Lipinski definition) is 1. The zero-order chi connectivity index (χ0) is 15.6. The molecular formula is C18H23NO2S. The lowest BCUT2D eigenvalue weighted by Gasteiger charge is -2.07. The van der Waals surface area contributed by atoms with E-state index in [1.54, 1.807) is 0 Å². The predicted molar refractivity (Wildman–Crippen MR) is 92.5 cm³/mol. The van der Waals surface area contributed by atoms with Gasteiger partial charge in [-0.15, -0.1) is 11.3 Å². The maximum atomic E-state index is 11.4. The van der Waals surface area contributed by atoms with Gasteiger partial charge in [-0.3, -0.25) is 4.79 Å². The highest BCUT2D eigenvalue weighted by atomic mass is 32.1. The summed E-state index contributed by atoms with van der Waals surface area (Å²) in [5.74, 6) is -0.170. The van der Waals surface area contributed by atoms with Gasteiger partial charge in [0.25, 0.3) is 0 Å². The third-order valence-electron chi connectivity index (χ3n) is 3.37. The van der Waals surface area contributed by atoms with Crippen molar-refractivity contribution in [3.8, 4) is 0 Å². The topological polar surface area (TPSA) is 38.3 Å². The number of anilines is 1. The Hall–Kier alpha value is -1.81. The van der Waals surface area contributed by atoms with Crippen molar-refractivity contribution in [1.82, 2.24) is 0 Å². The average molecular weight is 317 g/mol. The van der Waals surface area contributed by atoms with E-state index in [1.165, 1.54) is 11.3 Å². The highest BCUT2D eigenvalue weighted by Crippen LogP contribution is 2.13. The zero-order valence-corrected chi connectivity index (χ0v) is 13.8. The van der Waals surface area contributed by atoms with Crippen LogP contribution in [0.1, 0.15) is 30.2 Å². The third-order valence-corrected chi connectivity index (χ3v) is 4.30. The second-order valence-electron chi connectivity index (χ2n) is 5.14. The Morgan fingerprint density at radius 1 is 1.18 bits per heavy atom. The number of benzene rings is 1. The van der Waals surface area contributed by atoms with Crippen LogP contribution < -0.4 is 5.32 Å². The summed E-state index contributed by atoms with van der Waals surface area (Å²) in [4.78, 5) is 12.9. The lowest BCUT2D eigenvalue weighted by Crippen LogP contribution is -2.07. The van der Waals surface area contributed by atoms with Gasteiger partial charge in [0.1, 0.15) is 0 Å². The smallest absolute Gasteiger partial charge is 0.310 e. The minimum Gasteiger partial charge on any atom is -0.466 e. The molecule has 0 radical (unpaired) electrons. The van der Waals surface area contributed by atoms with E-state index in [0.717, 1.165) is 30.6 Å². The summed E-state index contributed by atoms with van der Waals surface area (Å²) >= 11 is 1.83. The number of rotatable bonds is 9. The van der Waals surface area contributed by atoms with Crippen LogP contribution in [0.3, 0.4) is 0 Å². The molecule has 22 heavy (non-hydrogen) atoms. The number of carbonyl (C=O) groups excluding carboxylic acids is 1. The molecular weight excluding hydrogens is 294 g/mol. The molecule has 118 valence electrons. The first-order chi connectivity index (χ1) is 10.8. The van der Waals surface area contributed by atoms with Gasteiger partial charge in [0.2, 0.25) is 0 Å². The van der Waals surface area contributed by atoms with E-state index in [1.807, 2.05) is 42.5 Å². The first-order valence-electron chi connectivity index (χ1n) is 7.78. The van der Waals surface area contributed by atoms with Gasteiger partial charge in [0.05, 0.1) is 13.0 Å². The fraction of sp³-hybridized carbons (Fsp3) is 0.389. The zero-order valence-electron chi connectivity index (χ0n) is 13.0. The van der Waals surface area contributed by atoms with Crippen LogP contribution in [-0.2, 0) is 22.4 Å². The Morgan fingerprint density at radius 3 is 2.68 bits per heavy atom. The van der Waals surface area contributed by atoms with Crippen LogP contribution in [0.5, 0.6) is 0 Å². The van der Waals surface area contributed by atoms with Gasteiger partial charge in [-0.2, -0.15) is 0 Å². The molecule has 1 aromatic carbocycles. The summed E-state index contributed by atoms with van der Waals surface area (Å²) in [5.41, 5.74) is 2.09. The van der Waals surface area contributed by atoms with Crippen LogP contribution in [0.4, 0.5) is 5.69 Å². The Balaban J connectivity index is 1.64. The van der Waals surface area contributed by atoms with Crippen LogP contribution in [-0.4, -0.2) is 19.1 Å². The summed E-state index contributed by atoms with van der Waals surface area (Å²) in [7, 11) is 0. The molecule has 0 aliphatic heterocycles. The number of carbonyl (C=O) groups is 1. The number of ether oxygens (including phenoxy) is 1. The summed E-state index contributed by atoms with van der Waals surface area (Å²) in [6.45, 7) is 3.23. The Bertz CT molecular complexity index is 549. The van der Waals surface area contributed by atoms with E-state index in [4.69, 9.17) is 4.74 Å². The predicted octanol–water partition coefficient (Wildman–Crippen LogP) is 4.29. The van der Waals surface area contributed by atoms with Crippen LogP contribution >= 0.6 is 11.3 Å². The number of aryl methyl sites for hydroxylation is 1. The van der Waals surface area contributed by atoms with Gasteiger partial charge < -0.3 is 10.1 Å². The van der Waals surface area contributed by atoms with Crippen molar-refractivity contribution < 1.29 is 9.53 Å². The molecule has 0 spiro atoms. The number of nitrogens with one attached hydrogen (secondary N) is 1. The fourth-order valence-corrected chi connectivity index (χ4v) is 2.98. The summed E-state index contributed by atoms with van der Waals surface area (Å²) in [6.07, 6.45) is 3.86. The Kier molecular flexibility index (Phi) is 6.97. The Morgan fingerprint density at radius 2 is 2.00 bits per heavy atom. The maximum absolute atomic E-state index is 11.4. The molecule has 0 fully saturated rings. The molecule has 1 N–H and O–H groups in total. The van der Waals surface area contributed by atoms with Gasteiger partial charge >= 0.3 is 5.97 Å². The minimum absolute atomic E-state index is 0.170. The molecule has 3 nitrogen and oxygen atoms in total. The van der Waals surface area contributed by atoms with Crippen LogP contribution in [0.15, 0.2) is 41.8 Å². The minimum atomic E-state index is -0.170. The van der Waals surface area contributed by atoms with Crippen molar-refractivity contribution in [3.63, 3.8) is 0 Å². The lowest BCUT2D eigenvalue weighted by atomic mass is 10.1.